The maximum absolute atomic E-state index is 13.1. The second kappa shape index (κ2) is 14.8. The molecule has 200 valence electrons. The first-order valence-electron chi connectivity index (χ1n) is 10.8. The Balaban J connectivity index is 0.000000220. The maximum atomic E-state index is 13.1. The van der Waals surface area contributed by atoms with E-state index >= 15 is 0 Å². The monoisotopic (exact) mass is 544 g/mol. The van der Waals surface area contributed by atoms with Gasteiger partial charge in [0.2, 0.25) is 11.6 Å². The number of nitrogens with one attached hydrogen (secondary N) is 1. The number of benzene rings is 2. The zero-order valence-corrected chi connectivity index (χ0v) is 20.1. The van der Waals surface area contributed by atoms with Crippen LogP contribution in [0.5, 0.6) is 0 Å². The molecule has 2 fully saturated rings. The summed E-state index contributed by atoms with van der Waals surface area (Å²) >= 11 is 5.05. The average molecular weight is 545 g/mol. The van der Waals surface area contributed by atoms with E-state index in [4.69, 9.17) is 21.1 Å². The van der Waals surface area contributed by atoms with Crippen molar-refractivity contribution in [2.75, 3.05) is 52.6 Å². The minimum absolute atomic E-state index is 0.102. The van der Waals surface area contributed by atoms with E-state index in [0.29, 0.717) is 26.3 Å². The van der Waals surface area contributed by atoms with E-state index < -0.39 is 38.1 Å². The molecule has 12 nitrogen and oxygen atoms in total. The lowest BCUT2D eigenvalue weighted by Crippen LogP contribution is -2.40. The Hall–Kier alpha value is -3.59. The first kappa shape index (κ1) is 29.6. The molecule has 2 aliphatic rings. The second-order valence-electron chi connectivity index (χ2n) is 7.39. The fourth-order valence-electron chi connectivity index (χ4n) is 3.03. The predicted molar refractivity (Wildman–Crippen MR) is 127 cm³/mol. The summed E-state index contributed by atoms with van der Waals surface area (Å²) in [7, 11) is 0. The van der Waals surface area contributed by atoms with Crippen LogP contribution in [0.2, 0.25) is 0 Å². The molecule has 2 heterocycles. The first-order valence-corrected chi connectivity index (χ1v) is 11.2. The second-order valence-corrected chi connectivity index (χ2v) is 7.73. The number of hydrogen-bond donors (Lipinski definition) is 1. The molecular formula is C22H23ClF2N4O8. The highest BCUT2D eigenvalue weighted by molar-refractivity contribution is 6.67. The lowest BCUT2D eigenvalue weighted by atomic mass is 10.1. The Kier molecular flexibility index (Phi) is 11.9. The normalized spacial score (nSPS) is 14.8. The van der Waals surface area contributed by atoms with Crippen LogP contribution in [0.15, 0.2) is 36.4 Å². The number of nitro groups is 2. The van der Waals surface area contributed by atoms with Gasteiger partial charge in [0.25, 0.3) is 11.1 Å². The maximum Gasteiger partial charge on any atom is 0.305 e. The van der Waals surface area contributed by atoms with Crippen LogP contribution in [0.1, 0.15) is 20.7 Å². The minimum atomic E-state index is -0.994. The molecule has 0 aliphatic carbocycles. The molecule has 1 amide bonds. The Labute approximate surface area is 214 Å². The summed E-state index contributed by atoms with van der Waals surface area (Å²) in [5, 5.41) is 23.1. The van der Waals surface area contributed by atoms with E-state index in [1.165, 1.54) is 11.0 Å². The number of carbonyl (C=O) groups excluding carboxylic acids is 2. The van der Waals surface area contributed by atoms with Crippen LogP contribution < -0.4 is 5.32 Å². The van der Waals surface area contributed by atoms with Gasteiger partial charge in [0, 0.05) is 49.4 Å². The number of hydrogen-bond acceptors (Lipinski definition) is 9. The summed E-state index contributed by atoms with van der Waals surface area (Å²) in [5.74, 6) is -2.29. The molecule has 37 heavy (non-hydrogen) atoms. The van der Waals surface area contributed by atoms with E-state index in [0.717, 1.165) is 56.6 Å². The number of rotatable bonds is 4. The van der Waals surface area contributed by atoms with Crippen molar-refractivity contribution in [2.45, 2.75) is 0 Å². The van der Waals surface area contributed by atoms with E-state index in [9.17, 15) is 38.6 Å². The van der Waals surface area contributed by atoms with Crippen molar-refractivity contribution in [1.29, 1.82) is 0 Å². The average Bonchev–Trinajstić information content (AvgIpc) is 2.90. The molecule has 0 saturated carbocycles. The summed E-state index contributed by atoms with van der Waals surface area (Å²) in [4.78, 5) is 43.1. The van der Waals surface area contributed by atoms with Gasteiger partial charge in [-0.05, 0) is 35.9 Å². The third-order valence-corrected chi connectivity index (χ3v) is 5.12. The third-order valence-electron chi connectivity index (χ3n) is 4.90. The lowest BCUT2D eigenvalue weighted by Gasteiger charge is -2.26. The SMILES string of the molecule is C1COCCN1.O=C(Cl)c1ccc(F)c([N+](=O)[O-])c1.O=C(c1ccc(F)c([N+](=O)[O-])c1)N1CCOCC1. The van der Waals surface area contributed by atoms with Gasteiger partial charge in [-0.2, -0.15) is 8.78 Å². The number of ether oxygens (including phenoxy) is 2. The van der Waals surface area contributed by atoms with Gasteiger partial charge in [-0.1, -0.05) is 0 Å². The molecule has 0 atom stereocenters. The molecule has 2 aromatic rings. The van der Waals surface area contributed by atoms with Gasteiger partial charge in [0.05, 0.1) is 36.3 Å². The van der Waals surface area contributed by atoms with Crippen molar-refractivity contribution in [3.8, 4) is 0 Å². The smallest absolute Gasteiger partial charge is 0.305 e. The van der Waals surface area contributed by atoms with Crippen LogP contribution in [0.4, 0.5) is 20.2 Å². The lowest BCUT2D eigenvalue weighted by molar-refractivity contribution is -0.387. The summed E-state index contributed by atoms with van der Waals surface area (Å²) in [6, 6.07) is 5.86. The van der Waals surface area contributed by atoms with Gasteiger partial charge < -0.3 is 19.7 Å². The van der Waals surface area contributed by atoms with E-state index in [1.807, 2.05) is 0 Å². The molecule has 0 spiro atoms. The molecule has 0 aromatic heterocycles. The Bertz CT molecular complexity index is 1120. The summed E-state index contributed by atoms with van der Waals surface area (Å²) in [6.45, 7) is 5.58. The molecule has 2 aromatic carbocycles. The largest absolute Gasteiger partial charge is 0.379 e. The summed E-state index contributed by atoms with van der Waals surface area (Å²) in [6.07, 6.45) is 0. The van der Waals surface area contributed by atoms with Gasteiger partial charge in [-0.3, -0.25) is 29.8 Å². The fourth-order valence-corrected chi connectivity index (χ4v) is 3.14. The van der Waals surface area contributed by atoms with Crippen molar-refractivity contribution in [3.05, 3.63) is 79.4 Å². The van der Waals surface area contributed by atoms with Gasteiger partial charge in [0.15, 0.2) is 0 Å². The number of nitro benzene ring substituents is 2. The highest BCUT2D eigenvalue weighted by Crippen LogP contribution is 2.20. The Morgan fingerprint density at radius 3 is 1.70 bits per heavy atom. The van der Waals surface area contributed by atoms with Crippen LogP contribution in [-0.2, 0) is 9.47 Å². The van der Waals surface area contributed by atoms with Crippen LogP contribution in [0.25, 0.3) is 0 Å². The van der Waals surface area contributed by atoms with E-state index in [2.05, 4.69) is 5.32 Å². The molecule has 0 bridgehead atoms. The van der Waals surface area contributed by atoms with Crippen molar-refractivity contribution < 1.29 is 37.7 Å². The number of halogens is 3. The Morgan fingerprint density at radius 2 is 1.30 bits per heavy atom. The third kappa shape index (κ3) is 9.42. The number of morpholine rings is 2. The topological polar surface area (TPSA) is 154 Å². The van der Waals surface area contributed by atoms with Crippen molar-refractivity contribution in [1.82, 2.24) is 10.2 Å². The molecule has 2 aliphatic heterocycles. The van der Waals surface area contributed by atoms with Gasteiger partial charge in [-0.25, -0.2) is 0 Å². The molecular weight excluding hydrogens is 522 g/mol. The van der Waals surface area contributed by atoms with E-state index in [1.54, 1.807) is 0 Å². The van der Waals surface area contributed by atoms with Crippen LogP contribution in [0.3, 0.4) is 0 Å². The predicted octanol–water partition coefficient (Wildman–Crippen LogP) is 2.93. The van der Waals surface area contributed by atoms with Crippen molar-refractivity contribution in [2.24, 2.45) is 0 Å². The zero-order chi connectivity index (χ0) is 27.4. The highest BCUT2D eigenvalue weighted by Gasteiger charge is 2.22. The van der Waals surface area contributed by atoms with Crippen LogP contribution in [0, 0.1) is 31.9 Å². The number of nitrogens with zero attached hydrogens (tertiary/aromatic N) is 3. The minimum Gasteiger partial charge on any atom is -0.379 e. The molecule has 1 N–H and O–H groups in total. The van der Waals surface area contributed by atoms with Gasteiger partial charge >= 0.3 is 11.4 Å². The Morgan fingerprint density at radius 1 is 0.838 bits per heavy atom. The standard InChI is InChI=1S/C11H11FN2O4.C7H3ClFNO3.C4H9NO/c12-9-2-1-8(7-10(9)14(16)17)11(15)13-3-5-18-6-4-13;8-7(11)4-1-2-5(9)6(3-4)10(12)13;1-3-6-4-2-5-1/h1-2,7H,3-6H2;1-3H;5H,1-4H2. The van der Waals surface area contributed by atoms with E-state index in [-0.39, 0.29) is 17.0 Å². The fraction of sp³-hybridized carbons (Fsp3) is 0.364. The van der Waals surface area contributed by atoms with Crippen molar-refractivity contribution in [3.63, 3.8) is 0 Å². The highest BCUT2D eigenvalue weighted by atomic mass is 35.5. The van der Waals surface area contributed by atoms with Gasteiger partial charge in [-0.15, -0.1) is 0 Å². The van der Waals surface area contributed by atoms with Crippen LogP contribution in [-0.4, -0.2) is 78.5 Å². The molecule has 15 heteroatoms. The summed E-state index contributed by atoms with van der Waals surface area (Å²) in [5.41, 5.74) is -1.43. The summed E-state index contributed by atoms with van der Waals surface area (Å²) < 4.78 is 35.9. The molecule has 0 unspecified atom stereocenters. The van der Waals surface area contributed by atoms with Gasteiger partial charge in [0.1, 0.15) is 0 Å². The first-order chi connectivity index (χ1) is 17.6. The molecule has 0 radical (unpaired) electrons. The zero-order valence-electron chi connectivity index (χ0n) is 19.4. The number of amides is 1. The quantitative estimate of drug-likeness (QED) is 0.347. The number of carbonyl (C=O) groups is 2. The van der Waals surface area contributed by atoms with Crippen molar-refractivity contribution >= 4 is 34.1 Å². The molecule has 4 rings (SSSR count). The van der Waals surface area contributed by atoms with Crippen LogP contribution >= 0.6 is 11.6 Å². The molecule has 2 saturated heterocycles.